The molecule has 2 N–H and O–H groups in total. The van der Waals surface area contributed by atoms with Gasteiger partial charge in [0.2, 0.25) is 5.82 Å². The summed E-state index contributed by atoms with van der Waals surface area (Å²) < 4.78 is 14.0. The molecule has 0 atom stereocenters. The van der Waals surface area contributed by atoms with Crippen molar-refractivity contribution in [1.29, 1.82) is 0 Å². The molecule has 0 radical (unpaired) electrons. The van der Waals surface area contributed by atoms with Crippen LogP contribution in [0.2, 0.25) is 0 Å². The molecule has 0 aromatic carbocycles. The van der Waals surface area contributed by atoms with E-state index in [9.17, 15) is 19.1 Å². The van der Waals surface area contributed by atoms with Crippen LogP contribution < -0.4 is 16.3 Å². The number of halogens is 1. The van der Waals surface area contributed by atoms with Crippen molar-refractivity contribution in [2.45, 2.75) is 0 Å². The number of likely N-dealkylation sites (N-methyl/N-ethyl adjacent to an activating group) is 1. The first-order valence-electron chi connectivity index (χ1n) is 5.18. The van der Waals surface area contributed by atoms with Crippen LogP contribution in [0.1, 0.15) is 0 Å². The van der Waals surface area contributed by atoms with Gasteiger partial charge in [-0.05, 0) is 7.05 Å². The summed E-state index contributed by atoms with van der Waals surface area (Å²) >= 11 is 0. The maximum Gasteiger partial charge on any atom is 0.350 e. The van der Waals surface area contributed by atoms with Crippen molar-refractivity contribution < 1.29 is 9.50 Å². The van der Waals surface area contributed by atoms with Crippen LogP contribution in [0.15, 0.2) is 9.59 Å². The van der Waals surface area contributed by atoms with E-state index in [1.807, 2.05) is 16.9 Å². The van der Waals surface area contributed by atoms with Crippen molar-refractivity contribution in [3.05, 3.63) is 26.7 Å². The number of hydrogen-bond donors (Lipinski definition) is 2. The molecule has 0 amide bonds. The van der Waals surface area contributed by atoms with Gasteiger partial charge in [-0.2, -0.15) is 9.07 Å². The number of aromatic amines is 1. The molecule has 7 nitrogen and oxygen atoms in total. The number of H-pyrrole nitrogens is 1. The summed E-state index contributed by atoms with van der Waals surface area (Å²) in [4.78, 5) is 26.3. The Morgan fingerprint density at radius 2 is 1.82 bits per heavy atom. The number of piperazine rings is 1. The lowest BCUT2D eigenvalue weighted by Gasteiger charge is -2.34. The van der Waals surface area contributed by atoms with Gasteiger partial charge in [-0.3, -0.25) is 9.78 Å². The molecule has 0 unspecified atom stereocenters. The molecule has 1 saturated heterocycles. The summed E-state index contributed by atoms with van der Waals surface area (Å²) in [5.74, 6) is -2.29. The Balaban J connectivity index is 2.42. The zero-order valence-corrected chi connectivity index (χ0v) is 9.31. The summed E-state index contributed by atoms with van der Waals surface area (Å²) in [6.07, 6.45) is 0. The zero-order valence-electron chi connectivity index (χ0n) is 9.31. The molecule has 0 bridgehead atoms. The Bertz CT molecular complexity index is 530. The highest BCUT2D eigenvalue weighted by molar-refractivity contribution is 5.13. The fraction of sp³-hybridized carbons (Fsp3) is 0.556. The van der Waals surface area contributed by atoms with Crippen LogP contribution in [-0.4, -0.2) is 52.9 Å². The SMILES string of the molecule is CN1CCN(n2c(O)c(F)c(=O)[nH]c2=O)CC1. The van der Waals surface area contributed by atoms with E-state index in [1.54, 1.807) is 0 Å². The van der Waals surface area contributed by atoms with Gasteiger partial charge in [0.1, 0.15) is 0 Å². The maximum atomic E-state index is 13.2. The molecular weight excluding hydrogens is 231 g/mol. The van der Waals surface area contributed by atoms with Crippen LogP contribution in [0.25, 0.3) is 0 Å². The van der Waals surface area contributed by atoms with Crippen molar-refractivity contribution in [2.75, 3.05) is 38.2 Å². The minimum absolute atomic E-state index is 0.468. The van der Waals surface area contributed by atoms with Crippen LogP contribution >= 0.6 is 0 Å². The van der Waals surface area contributed by atoms with E-state index < -0.39 is 22.9 Å². The summed E-state index contributed by atoms with van der Waals surface area (Å²) in [6, 6.07) is 0. The van der Waals surface area contributed by atoms with Gasteiger partial charge in [0.15, 0.2) is 0 Å². The second-order valence-electron chi connectivity index (χ2n) is 3.97. The van der Waals surface area contributed by atoms with E-state index in [0.29, 0.717) is 26.2 Å². The first kappa shape index (κ1) is 11.6. The van der Waals surface area contributed by atoms with Crippen molar-refractivity contribution in [3.63, 3.8) is 0 Å². The smallest absolute Gasteiger partial charge is 0.350 e. The van der Waals surface area contributed by atoms with E-state index in [0.717, 1.165) is 4.68 Å². The van der Waals surface area contributed by atoms with Crippen molar-refractivity contribution in [3.8, 4) is 5.88 Å². The first-order chi connectivity index (χ1) is 8.00. The normalized spacial score (nSPS) is 17.4. The second kappa shape index (κ2) is 4.21. The lowest BCUT2D eigenvalue weighted by molar-refractivity contribution is 0.267. The molecule has 1 aliphatic heterocycles. The standard InChI is InChI=1S/C9H13FN4O3/c1-12-2-4-13(5-3-12)14-8(16)6(10)7(15)11-9(14)17/h16H,2-5H2,1H3,(H,11,15,17). The molecule has 1 aromatic heterocycles. The third-order valence-electron chi connectivity index (χ3n) is 2.77. The van der Waals surface area contributed by atoms with E-state index in [2.05, 4.69) is 0 Å². The van der Waals surface area contributed by atoms with E-state index in [-0.39, 0.29) is 0 Å². The molecule has 1 fully saturated rings. The van der Waals surface area contributed by atoms with Gasteiger partial charge in [-0.25, -0.2) is 4.79 Å². The lowest BCUT2D eigenvalue weighted by atomic mass is 10.4. The molecule has 8 heteroatoms. The van der Waals surface area contributed by atoms with Gasteiger partial charge < -0.3 is 15.0 Å². The van der Waals surface area contributed by atoms with Crippen molar-refractivity contribution in [2.24, 2.45) is 0 Å². The van der Waals surface area contributed by atoms with E-state index in [4.69, 9.17) is 0 Å². The van der Waals surface area contributed by atoms with Crippen LogP contribution in [0, 0.1) is 5.82 Å². The Morgan fingerprint density at radius 1 is 1.24 bits per heavy atom. The number of aromatic nitrogens is 2. The predicted octanol–water partition coefficient (Wildman–Crippen LogP) is -1.74. The van der Waals surface area contributed by atoms with Crippen molar-refractivity contribution in [1.82, 2.24) is 14.6 Å². The molecule has 0 spiro atoms. The van der Waals surface area contributed by atoms with Gasteiger partial charge in [0, 0.05) is 26.2 Å². The van der Waals surface area contributed by atoms with Gasteiger partial charge in [0.25, 0.3) is 11.4 Å². The average molecular weight is 244 g/mol. The first-order valence-corrected chi connectivity index (χ1v) is 5.18. The minimum Gasteiger partial charge on any atom is -0.491 e. The van der Waals surface area contributed by atoms with Gasteiger partial charge in [-0.1, -0.05) is 0 Å². The van der Waals surface area contributed by atoms with Crippen LogP contribution in [0.4, 0.5) is 4.39 Å². The number of nitrogens with one attached hydrogen (secondary N) is 1. The van der Waals surface area contributed by atoms with Crippen LogP contribution in [-0.2, 0) is 0 Å². The summed E-state index contributed by atoms with van der Waals surface area (Å²) in [7, 11) is 1.92. The Labute approximate surface area is 95.7 Å². The quantitative estimate of drug-likeness (QED) is 0.613. The van der Waals surface area contributed by atoms with Gasteiger partial charge in [-0.15, -0.1) is 0 Å². The molecule has 17 heavy (non-hydrogen) atoms. The molecule has 1 aliphatic rings. The fourth-order valence-electron chi connectivity index (χ4n) is 1.75. The number of nitrogens with zero attached hydrogens (tertiary/aromatic N) is 3. The molecule has 2 heterocycles. The molecule has 2 rings (SSSR count). The minimum atomic E-state index is -1.34. The molecule has 1 aromatic rings. The Kier molecular flexibility index (Phi) is 2.88. The summed E-state index contributed by atoms with van der Waals surface area (Å²) in [5, 5.41) is 11.0. The maximum absolute atomic E-state index is 13.2. The largest absolute Gasteiger partial charge is 0.491 e. The third-order valence-corrected chi connectivity index (χ3v) is 2.77. The van der Waals surface area contributed by atoms with Gasteiger partial charge >= 0.3 is 5.69 Å². The second-order valence-corrected chi connectivity index (χ2v) is 3.97. The molecule has 0 saturated carbocycles. The van der Waals surface area contributed by atoms with E-state index in [1.165, 1.54) is 5.01 Å². The number of aromatic hydroxyl groups is 1. The monoisotopic (exact) mass is 244 g/mol. The predicted molar refractivity (Wildman–Crippen MR) is 58.4 cm³/mol. The molecule has 94 valence electrons. The zero-order chi connectivity index (χ0) is 12.6. The lowest BCUT2D eigenvalue weighted by Crippen LogP contribution is -2.54. The topological polar surface area (TPSA) is 81.6 Å². The average Bonchev–Trinajstić information content (AvgIpc) is 2.29. The highest BCUT2D eigenvalue weighted by Gasteiger charge is 2.21. The molecular formula is C9H13FN4O3. The van der Waals surface area contributed by atoms with Crippen LogP contribution in [0.5, 0.6) is 5.88 Å². The van der Waals surface area contributed by atoms with Crippen LogP contribution in [0.3, 0.4) is 0 Å². The number of hydrogen-bond acceptors (Lipinski definition) is 5. The number of rotatable bonds is 1. The summed E-state index contributed by atoms with van der Waals surface area (Å²) in [6.45, 7) is 2.31. The molecule has 0 aliphatic carbocycles. The summed E-state index contributed by atoms with van der Waals surface area (Å²) in [5.41, 5.74) is -2.05. The highest BCUT2D eigenvalue weighted by Crippen LogP contribution is 2.09. The third kappa shape index (κ3) is 2.03. The Morgan fingerprint density at radius 3 is 2.41 bits per heavy atom. The highest BCUT2D eigenvalue weighted by atomic mass is 19.1. The van der Waals surface area contributed by atoms with E-state index >= 15 is 0 Å². The van der Waals surface area contributed by atoms with Crippen molar-refractivity contribution >= 4 is 0 Å². The van der Waals surface area contributed by atoms with Gasteiger partial charge in [0.05, 0.1) is 0 Å². The Hall–Kier alpha value is -1.83. The fourth-order valence-corrected chi connectivity index (χ4v) is 1.75.